The van der Waals surface area contributed by atoms with Crippen molar-refractivity contribution in [3.8, 4) is 21.9 Å². The number of nitrogens with one attached hydrogen (secondary N) is 1. The summed E-state index contributed by atoms with van der Waals surface area (Å²) in [5.74, 6) is 1.05. The minimum Gasteiger partial charge on any atom is -0.497 e. The molecule has 6 nitrogen and oxygen atoms in total. The first kappa shape index (κ1) is 23.8. The lowest BCUT2D eigenvalue weighted by Gasteiger charge is -2.27. The molecule has 0 aliphatic carbocycles. The Bertz CT molecular complexity index is 1170. The summed E-state index contributed by atoms with van der Waals surface area (Å²) in [5.41, 5.74) is 3.29. The van der Waals surface area contributed by atoms with E-state index in [1.54, 1.807) is 26.4 Å². The monoisotopic (exact) mass is 478 g/mol. The Kier molecular flexibility index (Phi) is 7.53. The number of carbonyl (C=O) groups is 2. The van der Waals surface area contributed by atoms with Gasteiger partial charge in [-0.05, 0) is 43.4 Å². The number of thiophene rings is 1. The van der Waals surface area contributed by atoms with Crippen LogP contribution >= 0.6 is 11.3 Å². The fourth-order valence-electron chi connectivity index (χ4n) is 4.32. The summed E-state index contributed by atoms with van der Waals surface area (Å²) in [7, 11) is 3.16. The van der Waals surface area contributed by atoms with Crippen molar-refractivity contribution in [1.29, 1.82) is 0 Å². The molecule has 2 aromatic carbocycles. The van der Waals surface area contributed by atoms with Crippen molar-refractivity contribution in [2.75, 3.05) is 32.6 Å². The number of hydrogen-bond acceptors (Lipinski definition) is 5. The van der Waals surface area contributed by atoms with Gasteiger partial charge in [0.1, 0.15) is 16.5 Å². The molecule has 3 aromatic rings. The number of benzene rings is 2. The number of piperidine rings is 1. The highest BCUT2D eigenvalue weighted by molar-refractivity contribution is 7.20. The van der Waals surface area contributed by atoms with Gasteiger partial charge in [0.25, 0.3) is 5.91 Å². The minimum absolute atomic E-state index is 0.00652. The number of rotatable bonds is 7. The van der Waals surface area contributed by atoms with Crippen LogP contribution in [0.5, 0.6) is 11.5 Å². The fourth-order valence-corrected chi connectivity index (χ4v) is 5.54. The zero-order valence-corrected chi connectivity index (χ0v) is 20.7. The van der Waals surface area contributed by atoms with Crippen molar-refractivity contribution in [3.05, 3.63) is 65.2 Å². The van der Waals surface area contributed by atoms with Crippen LogP contribution in [0.15, 0.2) is 48.5 Å². The number of amides is 2. The third-order valence-electron chi connectivity index (χ3n) is 6.14. The molecule has 7 heteroatoms. The highest BCUT2D eigenvalue weighted by Crippen LogP contribution is 2.41. The molecule has 1 aliphatic rings. The van der Waals surface area contributed by atoms with Crippen LogP contribution in [0.1, 0.15) is 40.7 Å². The number of nitrogens with zero attached hydrogens (tertiary/aromatic N) is 1. The molecular weight excluding hydrogens is 448 g/mol. The number of anilines is 1. The molecular formula is C27H30N2O4S. The van der Waals surface area contributed by atoms with Crippen molar-refractivity contribution in [2.45, 2.75) is 32.6 Å². The predicted molar refractivity (Wildman–Crippen MR) is 136 cm³/mol. The van der Waals surface area contributed by atoms with E-state index in [1.807, 2.05) is 48.2 Å². The molecule has 178 valence electrons. The van der Waals surface area contributed by atoms with Gasteiger partial charge in [-0.2, -0.15) is 0 Å². The largest absolute Gasteiger partial charge is 0.497 e. The molecule has 1 N–H and O–H groups in total. The lowest BCUT2D eigenvalue weighted by atomic mass is 10.0. The van der Waals surface area contributed by atoms with Gasteiger partial charge in [-0.1, -0.05) is 36.4 Å². The Hall–Kier alpha value is -3.32. The number of carbonyl (C=O) groups excluding carboxylic acids is 2. The fraction of sp³-hybridized carbons (Fsp3) is 0.333. The molecule has 4 rings (SSSR count). The van der Waals surface area contributed by atoms with Crippen LogP contribution in [0.2, 0.25) is 0 Å². The van der Waals surface area contributed by atoms with E-state index in [0.29, 0.717) is 22.1 Å². The van der Waals surface area contributed by atoms with Crippen molar-refractivity contribution in [1.82, 2.24) is 4.90 Å². The maximum Gasteiger partial charge on any atom is 0.257 e. The van der Waals surface area contributed by atoms with E-state index in [9.17, 15) is 9.59 Å². The summed E-state index contributed by atoms with van der Waals surface area (Å²) >= 11 is 1.46. The third-order valence-corrected chi connectivity index (χ3v) is 7.39. The highest BCUT2D eigenvalue weighted by atomic mass is 32.1. The summed E-state index contributed by atoms with van der Waals surface area (Å²) in [6.45, 7) is 3.48. The van der Waals surface area contributed by atoms with Gasteiger partial charge in [0.05, 0.1) is 26.2 Å². The van der Waals surface area contributed by atoms with Crippen molar-refractivity contribution < 1.29 is 19.1 Å². The summed E-state index contributed by atoms with van der Waals surface area (Å²) in [4.78, 5) is 29.6. The summed E-state index contributed by atoms with van der Waals surface area (Å²) in [6, 6.07) is 15.4. The number of likely N-dealkylation sites (tertiary alicyclic amines) is 1. The third kappa shape index (κ3) is 5.09. The van der Waals surface area contributed by atoms with Gasteiger partial charge in [0.2, 0.25) is 5.91 Å². The zero-order valence-electron chi connectivity index (χ0n) is 19.8. The van der Waals surface area contributed by atoms with Gasteiger partial charge < -0.3 is 19.7 Å². The second kappa shape index (κ2) is 10.7. The maximum absolute atomic E-state index is 13.5. The average Bonchev–Trinajstić information content (AvgIpc) is 3.20. The maximum atomic E-state index is 13.5. The van der Waals surface area contributed by atoms with Crippen LogP contribution in [0, 0.1) is 6.92 Å². The second-order valence-corrected chi connectivity index (χ2v) is 9.40. The van der Waals surface area contributed by atoms with Gasteiger partial charge >= 0.3 is 0 Å². The Labute approximate surface area is 204 Å². The van der Waals surface area contributed by atoms with Gasteiger partial charge in [0.15, 0.2) is 0 Å². The topological polar surface area (TPSA) is 67.9 Å². The van der Waals surface area contributed by atoms with E-state index in [-0.39, 0.29) is 18.2 Å². The Balaban J connectivity index is 1.65. The molecule has 0 saturated carbocycles. The van der Waals surface area contributed by atoms with E-state index in [2.05, 4.69) is 5.32 Å². The summed E-state index contributed by atoms with van der Waals surface area (Å²) < 4.78 is 10.7. The highest BCUT2D eigenvalue weighted by Gasteiger charge is 2.28. The molecule has 0 atom stereocenters. The Morgan fingerprint density at radius 1 is 1.00 bits per heavy atom. The zero-order chi connectivity index (χ0) is 24.1. The molecule has 2 amide bonds. The first-order chi connectivity index (χ1) is 16.5. The Morgan fingerprint density at radius 2 is 1.74 bits per heavy atom. The smallest absolute Gasteiger partial charge is 0.257 e. The molecule has 34 heavy (non-hydrogen) atoms. The summed E-state index contributed by atoms with van der Waals surface area (Å²) in [6.07, 6.45) is 3.30. The lowest BCUT2D eigenvalue weighted by Crippen LogP contribution is -2.36. The average molecular weight is 479 g/mol. The predicted octanol–water partition coefficient (Wildman–Crippen LogP) is 5.55. The standard InChI is InChI=1S/C27H30N2O4S/c1-18-24(27(31)29-14-8-5-9-15-29)26(34-25(18)19-10-6-4-7-11-19)28-23(30)16-20-12-13-21(32-2)17-22(20)33-3/h4,6-7,10-13,17H,5,8-9,14-16H2,1-3H3,(H,28,30). The van der Waals surface area contributed by atoms with E-state index in [4.69, 9.17) is 9.47 Å². The van der Waals surface area contributed by atoms with Crippen LogP contribution in [0.25, 0.3) is 10.4 Å². The van der Waals surface area contributed by atoms with Crippen molar-refractivity contribution in [3.63, 3.8) is 0 Å². The van der Waals surface area contributed by atoms with E-state index >= 15 is 0 Å². The van der Waals surface area contributed by atoms with Crippen LogP contribution in [-0.2, 0) is 11.2 Å². The molecule has 0 bridgehead atoms. The van der Waals surface area contributed by atoms with Crippen molar-refractivity contribution >= 4 is 28.2 Å². The van der Waals surface area contributed by atoms with Crippen LogP contribution in [0.4, 0.5) is 5.00 Å². The first-order valence-electron chi connectivity index (χ1n) is 11.5. The van der Waals surface area contributed by atoms with Gasteiger partial charge in [-0.25, -0.2) is 0 Å². The molecule has 0 spiro atoms. The second-order valence-electron chi connectivity index (χ2n) is 8.38. The molecule has 2 heterocycles. The molecule has 0 unspecified atom stereocenters. The number of methoxy groups -OCH3 is 2. The minimum atomic E-state index is -0.197. The normalized spacial score (nSPS) is 13.4. The first-order valence-corrected chi connectivity index (χ1v) is 12.3. The van der Waals surface area contributed by atoms with Gasteiger partial charge in [-0.3, -0.25) is 9.59 Å². The van der Waals surface area contributed by atoms with Gasteiger partial charge in [-0.15, -0.1) is 11.3 Å². The van der Waals surface area contributed by atoms with E-state index in [1.165, 1.54) is 11.3 Å². The molecule has 1 fully saturated rings. The SMILES string of the molecule is COc1ccc(CC(=O)Nc2sc(-c3ccccc3)c(C)c2C(=O)N2CCCCC2)c(OC)c1. The molecule has 1 aliphatic heterocycles. The van der Waals surface area contributed by atoms with Crippen LogP contribution < -0.4 is 14.8 Å². The van der Waals surface area contributed by atoms with E-state index < -0.39 is 0 Å². The van der Waals surface area contributed by atoms with E-state index in [0.717, 1.165) is 53.9 Å². The quantitative estimate of drug-likeness (QED) is 0.484. The molecule has 1 aromatic heterocycles. The van der Waals surface area contributed by atoms with Crippen LogP contribution in [-0.4, -0.2) is 44.0 Å². The summed E-state index contributed by atoms with van der Waals surface area (Å²) in [5, 5.41) is 3.64. The van der Waals surface area contributed by atoms with Gasteiger partial charge in [0, 0.05) is 29.6 Å². The Morgan fingerprint density at radius 3 is 2.41 bits per heavy atom. The number of ether oxygens (including phenoxy) is 2. The molecule has 1 saturated heterocycles. The lowest BCUT2D eigenvalue weighted by molar-refractivity contribution is -0.115. The molecule has 0 radical (unpaired) electrons. The van der Waals surface area contributed by atoms with Crippen LogP contribution in [0.3, 0.4) is 0 Å². The number of hydrogen-bond donors (Lipinski definition) is 1. The van der Waals surface area contributed by atoms with Crippen molar-refractivity contribution in [2.24, 2.45) is 0 Å².